The molecule has 0 aliphatic rings. The van der Waals surface area contributed by atoms with Crippen molar-refractivity contribution in [1.29, 1.82) is 0 Å². The van der Waals surface area contributed by atoms with Gasteiger partial charge in [-0.1, -0.05) is 0 Å². The zero-order valence-electron chi connectivity index (χ0n) is 35.0. The Labute approximate surface area is 343 Å². The van der Waals surface area contributed by atoms with Gasteiger partial charge in [-0.15, -0.1) is 0 Å². The number of ether oxygens (including phenoxy) is 6. The third kappa shape index (κ3) is 17.2. The standard InChI is InChI=1S/C38H50N4O6.2CH4O3S/c1-9-43-33-21-27(22-34(44-10-2)37(33)47-13-5)31-17-15-29(25-39-31)41(7)19-20-42(8)30-16-18-32(40-26-30)28-23-35(45-11-3)38(48-14-6)36(24-28)46-12-4;2*1-5(2,3)4/h15-18,21-26H,9-14,19-20H2,1-8H3;2*1H3,(H,2,3,4). The largest absolute Gasteiger partial charge is 0.490 e. The molecule has 0 spiro atoms. The Morgan fingerprint density at radius 2 is 0.759 bits per heavy atom. The van der Waals surface area contributed by atoms with Crippen molar-refractivity contribution in [1.82, 2.24) is 9.97 Å². The highest BCUT2D eigenvalue weighted by Crippen LogP contribution is 2.43. The minimum absolute atomic E-state index is 0.519. The molecule has 58 heavy (non-hydrogen) atoms. The molecule has 16 nitrogen and oxygen atoms in total. The lowest BCUT2D eigenvalue weighted by atomic mass is 10.1. The van der Waals surface area contributed by atoms with Crippen LogP contribution in [0.3, 0.4) is 0 Å². The number of hydrogen-bond acceptors (Lipinski definition) is 14. The van der Waals surface area contributed by atoms with Crippen LogP contribution in [0.1, 0.15) is 41.5 Å². The van der Waals surface area contributed by atoms with E-state index in [0.717, 1.165) is 47.0 Å². The summed E-state index contributed by atoms with van der Waals surface area (Å²) in [6.45, 7) is 16.4. The number of hydrogen-bond donors (Lipinski definition) is 2. The Bertz CT molecular complexity index is 1850. The smallest absolute Gasteiger partial charge is 0.261 e. The molecule has 2 aromatic heterocycles. The molecule has 0 aliphatic carbocycles. The van der Waals surface area contributed by atoms with Crippen LogP contribution in [0.25, 0.3) is 22.5 Å². The van der Waals surface area contributed by atoms with Crippen LogP contribution in [0.5, 0.6) is 34.5 Å². The molecule has 0 aliphatic heterocycles. The van der Waals surface area contributed by atoms with Gasteiger partial charge in [0.2, 0.25) is 11.5 Å². The first kappa shape index (κ1) is 49.1. The van der Waals surface area contributed by atoms with Crippen LogP contribution in [-0.4, -0.2) is 115 Å². The highest BCUT2D eigenvalue weighted by atomic mass is 32.2. The molecular weight excluding hydrogens is 793 g/mol. The summed E-state index contributed by atoms with van der Waals surface area (Å²) in [6, 6.07) is 16.1. The Morgan fingerprint density at radius 1 is 0.500 bits per heavy atom. The molecule has 0 fully saturated rings. The summed E-state index contributed by atoms with van der Waals surface area (Å²) in [7, 11) is -3.19. The van der Waals surface area contributed by atoms with Gasteiger partial charge in [0.05, 0.1) is 87.3 Å². The first-order chi connectivity index (χ1) is 27.4. The Balaban J connectivity index is 0.00000103. The van der Waals surface area contributed by atoms with Crippen LogP contribution in [-0.2, 0) is 20.2 Å². The minimum Gasteiger partial charge on any atom is -0.490 e. The second kappa shape index (κ2) is 24.0. The molecule has 2 aromatic carbocycles. The molecule has 0 bridgehead atoms. The fourth-order valence-electron chi connectivity index (χ4n) is 5.20. The maximum Gasteiger partial charge on any atom is 0.261 e. The first-order valence-electron chi connectivity index (χ1n) is 18.7. The van der Waals surface area contributed by atoms with E-state index in [4.69, 9.17) is 47.5 Å². The monoisotopic (exact) mass is 850 g/mol. The van der Waals surface area contributed by atoms with Crippen LogP contribution < -0.4 is 38.2 Å². The summed E-state index contributed by atoms with van der Waals surface area (Å²) in [5.74, 6) is 3.85. The van der Waals surface area contributed by atoms with E-state index in [1.807, 2.05) is 90.3 Å². The highest BCUT2D eigenvalue weighted by molar-refractivity contribution is 7.85. The van der Waals surface area contributed by atoms with Crippen molar-refractivity contribution < 1.29 is 54.4 Å². The maximum atomic E-state index is 9.19. The van der Waals surface area contributed by atoms with Gasteiger partial charge in [0.25, 0.3) is 20.2 Å². The van der Waals surface area contributed by atoms with Crippen molar-refractivity contribution in [2.75, 3.05) is 89.1 Å². The average molecular weight is 851 g/mol. The van der Waals surface area contributed by atoms with Crippen LogP contribution in [0, 0.1) is 0 Å². The lowest BCUT2D eigenvalue weighted by Gasteiger charge is -2.25. The van der Waals surface area contributed by atoms with E-state index < -0.39 is 20.2 Å². The number of benzene rings is 2. The summed E-state index contributed by atoms with van der Waals surface area (Å²) in [4.78, 5) is 13.9. The Kier molecular flexibility index (Phi) is 20.3. The summed E-state index contributed by atoms with van der Waals surface area (Å²) in [5, 5.41) is 0. The van der Waals surface area contributed by atoms with E-state index in [-0.39, 0.29) is 0 Å². The normalized spacial score (nSPS) is 10.9. The quantitative estimate of drug-likeness (QED) is 0.0936. The molecular formula is C40H58N4O12S2. The van der Waals surface area contributed by atoms with E-state index in [1.165, 1.54) is 0 Å². The van der Waals surface area contributed by atoms with Gasteiger partial charge in [-0.3, -0.25) is 19.1 Å². The number of nitrogens with zero attached hydrogens (tertiary/aromatic N) is 4. The van der Waals surface area contributed by atoms with Gasteiger partial charge >= 0.3 is 0 Å². The predicted octanol–water partition coefficient (Wildman–Crippen LogP) is 6.78. The van der Waals surface area contributed by atoms with Gasteiger partial charge in [0, 0.05) is 38.3 Å². The third-order valence-electron chi connectivity index (χ3n) is 7.56. The molecule has 4 rings (SSSR count). The van der Waals surface area contributed by atoms with Crippen LogP contribution >= 0.6 is 0 Å². The van der Waals surface area contributed by atoms with Gasteiger partial charge in [-0.25, -0.2) is 0 Å². The number of aromatic nitrogens is 2. The minimum atomic E-state index is -3.67. The summed E-state index contributed by atoms with van der Waals surface area (Å²) >= 11 is 0. The van der Waals surface area contributed by atoms with Crippen molar-refractivity contribution in [3.63, 3.8) is 0 Å². The second-order valence-electron chi connectivity index (χ2n) is 12.3. The summed E-state index contributed by atoms with van der Waals surface area (Å²) < 4.78 is 87.0. The van der Waals surface area contributed by atoms with E-state index >= 15 is 0 Å². The third-order valence-corrected chi connectivity index (χ3v) is 7.56. The molecule has 2 heterocycles. The average Bonchev–Trinajstić information content (AvgIpc) is 3.15. The number of likely N-dealkylation sites (N-methyl/N-ethyl adjacent to an activating group) is 2. The van der Waals surface area contributed by atoms with Crippen molar-refractivity contribution in [2.45, 2.75) is 41.5 Å². The van der Waals surface area contributed by atoms with Gasteiger partial charge in [0.15, 0.2) is 23.0 Å². The Morgan fingerprint density at radius 3 is 0.966 bits per heavy atom. The lowest BCUT2D eigenvalue weighted by molar-refractivity contribution is 0.261. The van der Waals surface area contributed by atoms with Gasteiger partial charge in [0.1, 0.15) is 0 Å². The van der Waals surface area contributed by atoms with Crippen LogP contribution in [0.2, 0.25) is 0 Å². The first-order valence-corrected chi connectivity index (χ1v) is 22.4. The van der Waals surface area contributed by atoms with E-state index in [1.54, 1.807) is 0 Å². The molecule has 0 amide bonds. The lowest BCUT2D eigenvalue weighted by Crippen LogP contribution is -2.30. The van der Waals surface area contributed by atoms with Crippen molar-refractivity contribution in [3.05, 3.63) is 60.9 Å². The fraction of sp³-hybridized carbons (Fsp3) is 0.450. The molecule has 0 saturated heterocycles. The van der Waals surface area contributed by atoms with Gasteiger partial charge < -0.3 is 38.2 Å². The SMILES string of the molecule is CCOc1cc(-c2ccc(N(C)CCN(C)c3ccc(-c4cc(OCC)c(OCC)c(OCC)c4)nc3)cn2)cc(OCC)c1OCC.CS(=O)(=O)O.CS(=O)(=O)O. The van der Waals surface area contributed by atoms with E-state index in [0.29, 0.717) is 86.6 Å². The summed E-state index contributed by atoms with van der Waals surface area (Å²) in [5.41, 5.74) is 5.51. The number of pyridine rings is 2. The molecule has 0 unspecified atom stereocenters. The molecule has 2 N–H and O–H groups in total. The summed E-state index contributed by atoms with van der Waals surface area (Å²) in [6.07, 6.45) is 5.22. The predicted molar refractivity (Wildman–Crippen MR) is 228 cm³/mol. The molecule has 0 saturated carbocycles. The molecule has 322 valence electrons. The second-order valence-corrected chi connectivity index (χ2v) is 15.2. The number of rotatable bonds is 19. The van der Waals surface area contributed by atoms with Gasteiger partial charge in [-0.2, -0.15) is 16.8 Å². The van der Waals surface area contributed by atoms with Crippen molar-refractivity contribution >= 4 is 31.6 Å². The molecule has 0 radical (unpaired) electrons. The zero-order valence-corrected chi connectivity index (χ0v) is 36.6. The van der Waals surface area contributed by atoms with Crippen LogP contribution in [0.4, 0.5) is 11.4 Å². The van der Waals surface area contributed by atoms with E-state index in [9.17, 15) is 16.8 Å². The van der Waals surface area contributed by atoms with Crippen molar-refractivity contribution in [2.24, 2.45) is 0 Å². The van der Waals surface area contributed by atoms with Crippen LogP contribution in [0.15, 0.2) is 60.9 Å². The molecule has 0 atom stereocenters. The van der Waals surface area contributed by atoms with Gasteiger partial charge in [-0.05, 0) is 90.1 Å². The van der Waals surface area contributed by atoms with E-state index in [2.05, 4.69) is 36.0 Å². The number of anilines is 2. The highest BCUT2D eigenvalue weighted by Gasteiger charge is 2.18. The van der Waals surface area contributed by atoms with Crippen molar-refractivity contribution in [3.8, 4) is 57.0 Å². The fourth-order valence-corrected chi connectivity index (χ4v) is 5.20. The Hall–Kier alpha value is -5.04. The maximum absolute atomic E-state index is 9.19. The molecule has 18 heteroatoms. The zero-order chi connectivity index (χ0) is 43.5. The topological polar surface area (TPSA) is 196 Å². The molecule has 4 aromatic rings.